The highest BCUT2D eigenvalue weighted by atomic mass is 19.4. The fourth-order valence-corrected chi connectivity index (χ4v) is 7.01. The number of hydrogen-bond acceptors (Lipinski definition) is 9. The van der Waals surface area contributed by atoms with Crippen molar-refractivity contribution in [1.82, 2.24) is 9.13 Å². The van der Waals surface area contributed by atoms with Gasteiger partial charge in [-0.05, 0) is 92.1 Å². The topological polar surface area (TPSA) is 146 Å². The van der Waals surface area contributed by atoms with Crippen LogP contribution in [0.1, 0.15) is 68.9 Å². The zero-order chi connectivity index (χ0) is 44.0. The molecule has 60 heavy (non-hydrogen) atoms. The van der Waals surface area contributed by atoms with Crippen LogP contribution in [-0.4, -0.2) is 55.8 Å². The van der Waals surface area contributed by atoms with Crippen molar-refractivity contribution in [3.05, 3.63) is 118 Å². The second-order valence-electron chi connectivity index (χ2n) is 13.4. The van der Waals surface area contributed by atoms with E-state index in [4.69, 9.17) is 4.74 Å². The first-order chi connectivity index (χ1) is 28.1. The Labute approximate surface area is 332 Å². The first kappa shape index (κ1) is 42.7. The van der Waals surface area contributed by atoms with E-state index in [2.05, 4.69) is 9.47 Å². The van der Waals surface area contributed by atoms with Crippen LogP contribution in [0.4, 0.5) is 35.1 Å². The van der Waals surface area contributed by atoms with Gasteiger partial charge in [0.05, 0.1) is 23.4 Å². The molecule has 2 aromatic heterocycles. The molecule has 0 spiro atoms. The van der Waals surface area contributed by atoms with E-state index in [9.17, 15) is 64.5 Å². The average Bonchev–Trinajstić information content (AvgIpc) is 3.57. The quantitative estimate of drug-likeness (QED) is 0.0783. The van der Waals surface area contributed by atoms with Gasteiger partial charge in [-0.25, -0.2) is 8.78 Å². The van der Waals surface area contributed by atoms with Gasteiger partial charge in [0.2, 0.25) is 0 Å². The van der Waals surface area contributed by atoms with Gasteiger partial charge in [0.15, 0.2) is 23.1 Å². The van der Waals surface area contributed by atoms with Gasteiger partial charge in [0.1, 0.15) is 11.5 Å². The van der Waals surface area contributed by atoms with E-state index in [-0.39, 0.29) is 68.3 Å². The summed E-state index contributed by atoms with van der Waals surface area (Å²) < 4.78 is 121. The lowest BCUT2D eigenvalue weighted by molar-refractivity contribution is -0.275. The highest BCUT2D eigenvalue weighted by molar-refractivity contribution is 6.07. The minimum atomic E-state index is -5.01. The van der Waals surface area contributed by atoms with E-state index < -0.39 is 83.4 Å². The van der Waals surface area contributed by atoms with Crippen molar-refractivity contribution in [3.63, 3.8) is 0 Å². The maximum atomic E-state index is 14.8. The van der Waals surface area contributed by atoms with Gasteiger partial charge >= 0.3 is 24.7 Å². The maximum absolute atomic E-state index is 14.8. The Hall–Kier alpha value is -6.92. The molecule has 19 heteroatoms. The Morgan fingerprint density at radius 1 is 0.667 bits per heavy atom. The number of hydrogen-bond donors (Lipinski definition) is 2. The number of nitrogens with zero attached hydrogens (tertiary/aromatic N) is 2. The number of fused-ring (bicyclic) bond motifs is 2. The van der Waals surface area contributed by atoms with Gasteiger partial charge in [0.25, 0.3) is 11.8 Å². The van der Waals surface area contributed by atoms with Crippen molar-refractivity contribution in [2.75, 3.05) is 0 Å². The van der Waals surface area contributed by atoms with Gasteiger partial charge < -0.3 is 24.4 Å². The molecule has 0 saturated carbocycles. The van der Waals surface area contributed by atoms with Crippen molar-refractivity contribution in [2.24, 2.45) is 0 Å². The maximum Gasteiger partial charge on any atom is 0.573 e. The van der Waals surface area contributed by atoms with E-state index in [1.165, 1.54) is 13.8 Å². The minimum absolute atomic E-state index is 0.000876. The summed E-state index contributed by atoms with van der Waals surface area (Å²) in [6, 6.07) is 11.2. The zero-order valence-electron chi connectivity index (χ0n) is 31.3. The lowest BCUT2D eigenvalue weighted by atomic mass is 9.92. The Kier molecular flexibility index (Phi) is 11.4. The third kappa shape index (κ3) is 8.60. The van der Waals surface area contributed by atoms with Gasteiger partial charge in [-0.2, -0.15) is 0 Å². The Morgan fingerprint density at radius 2 is 1.10 bits per heavy atom. The first-order valence-electron chi connectivity index (χ1n) is 17.7. The van der Waals surface area contributed by atoms with Crippen molar-refractivity contribution in [2.45, 2.75) is 58.7 Å². The van der Waals surface area contributed by atoms with E-state index in [0.717, 1.165) is 81.9 Å². The molecule has 0 radical (unpaired) electrons. The molecule has 0 bridgehead atoms. The van der Waals surface area contributed by atoms with Gasteiger partial charge in [-0.3, -0.25) is 28.3 Å². The van der Waals surface area contributed by atoms with Crippen LogP contribution < -0.4 is 9.47 Å². The molecule has 0 aliphatic carbocycles. The number of phenolic OH excluding ortho intramolecular Hbond substituents is 2. The summed E-state index contributed by atoms with van der Waals surface area (Å²) in [6.07, 6.45) is -10.5. The molecule has 0 aliphatic heterocycles. The van der Waals surface area contributed by atoms with Crippen LogP contribution in [0.25, 0.3) is 21.8 Å². The highest BCUT2D eigenvalue weighted by Crippen LogP contribution is 2.39. The second-order valence-corrected chi connectivity index (χ2v) is 13.4. The smallest absolute Gasteiger partial charge is 0.505 e. The predicted octanol–water partition coefficient (Wildman–Crippen LogP) is 9.27. The lowest BCUT2D eigenvalue weighted by Gasteiger charge is -2.16. The lowest BCUT2D eigenvalue weighted by Crippen LogP contribution is -2.22. The molecule has 11 nitrogen and oxygen atoms in total. The molecule has 0 saturated heterocycles. The molecule has 0 amide bonds. The number of alkyl halides is 6. The van der Waals surface area contributed by atoms with Crippen LogP contribution in [0.15, 0.2) is 72.8 Å². The minimum Gasteiger partial charge on any atom is -0.505 e. The van der Waals surface area contributed by atoms with Crippen LogP contribution in [0, 0.1) is 25.5 Å². The summed E-state index contributed by atoms with van der Waals surface area (Å²) >= 11 is 0. The summed E-state index contributed by atoms with van der Waals surface area (Å²) in [5.74, 6) is -10.7. The molecule has 0 aliphatic rings. The van der Waals surface area contributed by atoms with Gasteiger partial charge in [-0.15, -0.1) is 26.3 Å². The normalized spacial score (nSPS) is 12.4. The molecule has 2 heterocycles. The molecule has 1 unspecified atom stereocenters. The van der Waals surface area contributed by atoms with Crippen LogP contribution in [-0.2, 0) is 20.7 Å². The van der Waals surface area contributed by atoms with E-state index in [0.29, 0.717) is 0 Å². The van der Waals surface area contributed by atoms with E-state index >= 15 is 0 Å². The number of phenols is 2. The van der Waals surface area contributed by atoms with Crippen LogP contribution in [0.5, 0.6) is 23.0 Å². The SMILES string of the molecule is CCCC(C(=O)OC(=O)Cc1c(C)n(C(=O)c2ccc(OC(F)(F)F)cc2)c2cc(F)c(O)cc12)c1c(C)n(C(=O)c2ccc(OC(F)(F)F)cc2)c2cc(F)c(O)cc12. The molecule has 6 rings (SSSR count). The monoisotopic (exact) mass is 846 g/mol. The molecule has 1 atom stereocenters. The van der Waals surface area contributed by atoms with Crippen molar-refractivity contribution >= 4 is 45.6 Å². The summed E-state index contributed by atoms with van der Waals surface area (Å²) in [7, 11) is 0. The Morgan fingerprint density at radius 3 is 1.55 bits per heavy atom. The van der Waals surface area contributed by atoms with Crippen LogP contribution in [0.2, 0.25) is 0 Å². The third-order valence-corrected chi connectivity index (χ3v) is 9.55. The Bertz CT molecular complexity index is 2680. The number of halogens is 8. The predicted molar refractivity (Wildman–Crippen MR) is 195 cm³/mol. The number of rotatable bonds is 10. The molecule has 2 N–H and O–H groups in total. The number of carbonyl (C=O) groups excluding carboxylic acids is 4. The number of ether oxygens (including phenoxy) is 3. The number of aromatic nitrogens is 2. The van der Waals surface area contributed by atoms with Crippen LogP contribution >= 0.6 is 0 Å². The molecular formula is C41H30F8N2O9. The largest absolute Gasteiger partial charge is 0.573 e. The number of carbonyl (C=O) groups is 4. The summed E-state index contributed by atoms with van der Waals surface area (Å²) in [5.41, 5.74) is -0.525. The first-order valence-corrected chi connectivity index (χ1v) is 17.7. The highest BCUT2D eigenvalue weighted by Gasteiger charge is 2.35. The number of esters is 2. The Balaban J connectivity index is 1.34. The fourth-order valence-electron chi connectivity index (χ4n) is 7.01. The molecule has 6 aromatic rings. The van der Waals surface area contributed by atoms with Crippen LogP contribution in [0.3, 0.4) is 0 Å². The van der Waals surface area contributed by atoms with Crippen molar-refractivity contribution in [1.29, 1.82) is 0 Å². The fraction of sp³-hybridized carbons (Fsp3) is 0.220. The van der Waals surface area contributed by atoms with Gasteiger partial charge in [-0.1, -0.05) is 13.3 Å². The summed E-state index contributed by atoms with van der Waals surface area (Å²) in [4.78, 5) is 55.0. The van der Waals surface area contributed by atoms with Crippen molar-refractivity contribution < 1.29 is 78.7 Å². The van der Waals surface area contributed by atoms with Crippen molar-refractivity contribution in [3.8, 4) is 23.0 Å². The summed E-state index contributed by atoms with van der Waals surface area (Å²) in [6.45, 7) is 4.43. The molecular weight excluding hydrogens is 816 g/mol. The van der Waals surface area contributed by atoms with E-state index in [1.807, 2.05) is 0 Å². The zero-order valence-corrected chi connectivity index (χ0v) is 31.3. The van der Waals surface area contributed by atoms with E-state index in [1.54, 1.807) is 6.92 Å². The molecule has 314 valence electrons. The molecule has 4 aromatic carbocycles. The standard InChI is InChI=1S/C41H30F8N2O9/c1-4-5-25(36-20(3)51(32-18-30(43)34(53)15-28(32)36)38(56)22-8-12-24(13-9-22)60-41(47,48)49)39(57)58-35(54)16-26-19(2)50(31-17-29(42)33(52)14-27(26)31)37(55)21-6-10-23(11-7-21)59-40(44,45)46/h6-15,17-18,25,52-53H,4-5,16H2,1-3H3. The average molecular weight is 847 g/mol. The molecule has 0 fully saturated rings. The summed E-state index contributed by atoms with van der Waals surface area (Å²) in [5, 5.41) is 20.5. The number of benzene rings is 4. The number of aromatic hydroxyl groups is 2. The van der Waals surface area contributed by atoms with Gasteiger partial charge in [0, 0.05) is 45.4 Å². The third-order valence-electron chi connectivity index (χ3n) is 9.55. The second kappa shape index (κ2) is 16.0.